The number of hydrogen-bond acceptors (Lipinski definition) is 3. The zero-order valence-corrected chi connectivity index (χ0v) is 18.2. The Morgan fingerprint density at radius 1 is 1.19 bits per heavy atom. The second-order valence-electron chi connectivity index (χ2n) is 9.72. The van der Waals surface area contributed by atoms with Crippen molar-refractivity contribution in [1.82, 2.24) is 0 Å². The van der Waals surface area contributed by atoms with Crippen LogP contribution >= 0.6 is 27.3 Å². The molecule has 1 aromatic heterocycles. The fraction of sp³-hybridized carbons (Fsp3) is 0.727. The molecular weight excluding hydrogens is 420 g/mol. The highest BCUT2D eigenvalue weighted by molar-refractivity contribution is 9.10. The predicted molar refractivity (Wildman–Crippen MR) is 112 cm³/mol. The quantitative estimate of drug-likeness (QED) is 0.460. The lowest BCUT2D eigenvalue weighted by atomic mass is 9.48. The van der Waals surface area contributed by atoms with Crippen LogP contribution in [0.15, 0.2) is 0 Å². The van der Waals surface area contributed by atoms with Crippen molar-refractivity contribution < 1.29 is 4.79 Å². The molecule has 0 aliphatic heterocycles. The first kappa shape index (κ1) is 18.2. The van der Waals surface area contributed by atoms with Crippen LogP contribution in [0, 0.1) is 28.6 Å². The third-order valence-electron chi connectivity index (χ3n) is 7.43. The number of carbonyl (C=O) groups excluding carboxylic acids is 1. The van der Waals surface area contributed by atoms with Crippen LogP contribution in [0.1, 0.15) is 80.2 Å². The van der Waals surface area contributed by atoms with Crippen molar-refractivity contribution >= 4 is 38.2 Å². The maximum Gasteiger partial charge on any atom is 0.225 e. The molecule has 5 heteroatoms. The Kier molecular flexibility index (Phi) is 4.44. The van der Waals surface area contributed by atoms with Crippen LogP contribution in [-0.4, -0.2) is 10.2 Å². The minimum Gasteiger partial charge on any atom is -0.317 e. The number of rotatable bonds is 3. The van der Waals surface area contributed by atoms with Gasteiger partial charge >= 0.3 is 0 Å². The van der Waals surface area contributed by atoms with Crippen molar-refractivity contribution in [3.63, 3.8) is 0 Å². The van der Waals surface area contributed by atoms with Crippen molar-refractivity contribution in [3.05, 3.63) is 16.0 Å². The summed E-state index contributed by atoms with van der Waals surface area (Å²) in [4.78, 5) is 14.3. The molecule has 1 N–H and O–H groups in total. The number of carbonyl (C=O) groups is 1. The molecule has 4 saturated carbocycles. The Labute approximate surface area is 174 Å². The number of halogens is 1. The van der Waals surface area contributed by atoms with E-state index >= 15 is 0 Å². The van der Waals surface area contributed by atoms with E-state index in [0.29, 0.717) is 6.42 Å². The fourth-order valence-corrected chi connectivity index (χ4v) is 9.77. The molecule has 27 heavy (non-hydrogen) atoms. The van der Waals surface area contributed by atoms with E-state index < -0.39 is 0 Å². The molecule has 1 heterocycles. The molecule has 3 nitrogen and oxygen atoms in total. The van der Waals surface area contributed by atoms with E-state index in [1.807, 2.05) is 0 Å². The van der Waals surface area contributed by atoms with Crippen LogP contribution in [0.2, 0.25) is 0 Å². The van der Waals surface area contributed by atoms with E-state index in [4.69, 9.17) is 0 Å². The highest BCUT2D eigenvalue weighted by Crippen LogP contribution is 2.65. The first-order valence-electron chi connectivity index (χ1n) is 10.5. The number of nitrogens with zero attached hydrogens (tertiary/aromatic N) is 1. The lowest BCUT2D eigenvalue weighted by Gasteiger charge is -2.60. The molecule has 2 atom stereocenters. The molecule has 1 amide bonds. The normalized spacial score (nSPS) is 36.7. The Hall–Kier alpha value is -0.860. The number of hydrogen-bond donors (Lipinski definition) is 1. The number of aryl methyl sites for hydroxylation is 1. The van der Waals surface area contributed by atoms with Gasteiger partial charge in [-0.15, -0.1) is 11.3 Å². The van der Waals surface area contributed by atoms with Crippen molar-refractivity contribution in [3.8, 4) is 6.07 Å². The smallest absolute Gasteiger partial charge is 0.225 e. The summed E-state index contributed by atoms with van der Waals surface area (Å²) in [6.45, 7) is 0. The molecule has 5 aliphatic carbocycles. The fourth-order valence-electron chi connectivity index (χ4n) is 7.00. The topological polar surface area (TPSA) is 52.9 Å². The van der Waals surface area contributed by atoms with Gasteiger partial charge in [-0.2, -0.15) is 5.26 Å². The largest absolute Gasteiger partial charge is 0.317 e. The van der Waals surface area contributed by atoms with Gasteiger partial charge in [0, 0.05) is 15.6 Å². The van der Waals surface area contributed by atoms with Gasteiger partial charge in [0.2, 0.25) is 5.91 Å². The molecule has 5 aliphatic rings. The highest BCUT2D eigenvalue weighted by atomic mass is 79.9. The van der Waals surface area contributed by atoms with E-state index in [1.165, 1.54) is 55.4 Å². The number of thiophene rings is 1. The van der Waals surface area contributed by atoms with Crippen molar-refractivity contribution in [1.29, 1.82) is 5.26 Å². The van der Waals surface area contributed by atoms with Gasteiger partial charge < -0.3 is 5.32 Å². The molecule has 4 bridgehead atoms. The van der Waals surface area contributed by atoms with E-state index in [9.17, 15) is 10.1 Å². The lowest BCUT2D eigenvalue weighted by molar-refractivity contribution is -0.123. The van der Waals surface area contributed by atoms with E-state index in [-0.39, 0.29) is 15.6 Å². The molecule has 1 aromatic rings. The number of anilines is 1. The van der Waals surface area contributed by atoms with E-state index in [2.05, 4.69) is 27.3 Å². The van der Waals surface area contributed by atoms with Gasteiger partial charge in [0.05, 0.1) is 5.56 Å². The summed E-state index contributed by atoms with van der Waals surface area (Å²) < 4.78 is 0.287. The van der Waals surface area contributed by atoms with Crippen molar-refractivity contribution in [2.45, 2.75) is 81.4 Å². The number of alkyl halides is 1. The van der Waals surface area contributed by atoms with Gasteiger partial charge in [0.1, 0.15) is 11.1 Å². The summed E-state index contributed by atoms with van der Waals surface area (Å²) in [5.41, 5.74) is 2.14. The minimum absolute atomic E-state index is 0.126. The molecule has 0 aromatic carbocycles. The molecule has 4 fully saturated rings. The Morgan fingerprint density at radius 2 is 1.93 bits per heavy atom. The van der Waals surface area contributed by atoms with E-state index in [1.54, 1.807) is 11.3 Å². The van der Waals surface area contributed by atoms with Crippen LogP contribution in [-0.2, 0) is 17.6 Å². The standard InChI is InChI=1S/C22H27BrN2OS/c23-22-9-14-6-15(10-22)8-21(7-14,13-22)11-19(26)25-20-17(12-24)16-4-2-1-3-5-18(16)27-20/h14-15H,1-11,13H2,(H,25,26)/t14-,15-,21?,22?/m1/s1. The summed E-state index contributed by atoms with van der Waals surface area (Å²) in [5.74, 6) is 1.72. The molecule has 0 spiro atoms. The van der Waals surface area contributed by atoms with Gasteiger partial charge in [-0.05, 0) is 87.0 Å². The monoisotopic (exact) mass is 446 g/mol. The van der Waals surface area contributed by atoms with Gasteiger partial charge in [-0.3, -0.25) is 4.79 Å². The maximum absolute atomic E-state index is 13.0. The third-order valence-corrected chi connectivity index (χ3v) is 9.57. The predicted octanol–water partition coefficient (Wildman–Crippen LogP) is 5.95. The van der Waals surface area contributed by atoms with Gasteiger partial charge in [-0.25, -0.2) is 0 Å². The molecule has 6 rings (SSSR count). The second kappa shape index (κ2) is 6.59. The summed E-state index contributed by atoms with van der Waals surface area (Å²) in [7, 11) is 0. The molecule has 144 valence electrons. The molecule has 0 radical (unpaired) electrons. The van der Waals surface area contributed by atoms with Gasteiger partial charge in [0.15, 0.2) is 0 Å². The van der Waals surface area contributed by atoms with Crippen LogP contribution in [0.3, 0.4) is 0 Å². The highest BCUT2D eigenvalue weighted by Gasteiger charge is 2.57. The average molecular weight is 447 g/mol. The van der Waals surface area contributed by atoms with Gasteiger partial charge in [0.25, 0.3) is 0 Å². The summed E-state index contributed by atoms with van der Waals surface area (Å²) in [6.07, 6.45) is 13.8. The van der Waals surface area contributed by atoms with Crippen LogP contribution in [0.4, 0.5) is 5.00 Å². The zero-order valence-electron chi connectivity index (χ0n) is 15.8. The zero-order chi connectivity index (χ0) is 18.6. The first-order chi connectivity index (χ1) is 13.0. The SMILES string of the molecule is N#Cc1c(NC(=O)CC23C[C@H]4C[C@@H](CC(Br)(C4)C2)C3)sc2c1CCCCC2. The Morgan fingerprint density at radius 3 is 2.63 bits per heavy atom. The number of amides is 1. The number of nitriles is 1. The number of fused-ring (bicyclic) bond motifs is 1. The van der Waals surface area contributed by atoms with Gasteiger partial charge in [-0.1, -0.05) is 22.4 Å². The van der Waals surface area contributed by atoms with Crippen LogP contribution < -0.4 is 5.32 Å². The third kappa shape index (κ3) is 3.27. The molecular formula is C22H27BrN2OS. The summed E-state index contributed by atoms with van der Waals surface area (Å²) >= 11 is 5.70. The van der Waals surface area contributed by atoms with Crippen molar-refractivity contribution in [2.24, 2.45) is 17.3 Å². The average Bonchev–Trinajstić information content (AvgIpc) is 2.72. The number of nitrogens with one attached hydrogen (secondary N) is 1. The molecule has 0 saturated heterocycles. The lowest BCUT2D eigenvalue weighted by Crippen LogP contribution is -2.53. The minimum atomic E-state index is 0.126. The summed E-state index contributed by atoms with van der Waals surface area (Å²) in [5, 5.41) is 13.7. The molecule has 0 unspecified atom stereocenters. The van der Waals surface area contributed by atoms with Crippen LogP contribution in [0.25, 0.3) is 0 Å². The van der Waals surface area contributed by atoms with Crippen molar-refractivity contribution in [2.75, 3.05) is 5.32 Å². The second-order valence-corrected chi connectivity index (χ2v) is 12.5. The van der Waals surface area contributed by atoms with Crippen LogP contribution in [0.5, 0.6) is 0 Å². The summed E-state index contributed by atoms with van der Waals surface area (Å²) in [6, 6.07) is 2.39. The Bertz CT molecular complexity index is 809. The maximum atomic E-state index is 13.0. The first-order valence-corrected chi connectivity index (χ1v) is 12.1. The van der Waals surface area contributed by atoms with E-state index in [0.717, 1.165) is 48.1 Å². The Balaban J connectivity index is 1.34.